The highest BCUT2D eigenvalue weighted by molar-refractivity contribution is 6.07. The van der Waals surface area contributed by atoms with E-state index < -0.39 is 0 Å². The van der Waals surface area contributed by atoms with Crippen LogP contribution in [0.15, 0.2) is 54.1 Å². The molecule has 0 spiro atoms. The van der Waals surface area contributed by atoms with E-state index in [1.807, 2.05) is 35.2 Å². The number of fused-ring (bicyclic) bond motifs is 1. The first-order chi connectivity index (χ1) is 12.3. The summed E-state index contributed by atoms with van der Waals surface area (Å²) in [6, 6.07) is 14.1. The summed E-state index contributed by atoms with van der Waals surface area (Å²) in [5.41, 5.74) is 2.19. The third kappa shape index (κ3) is 3.60. The fourth-order valence-electron chi connectivity index (χ4n) is 3.70. The van der Waals surface area contributed by atoms with Crippen LogP contribution in [0, 0.1) is 0 Å². The van der Waals surface area contributed by atoms with Crippen molar-refractivity contribution in [3.05, 3.63) is 59.7 Å². The molecule has 4 heteroatoms. The van der Waals surface area contributed by atoms with Crippen LogP contribution in [0.4, 0.5) is 0 Å². The van der Waals surface area contributed by atoms with E-state index in [1.54, 1.807) is 0 Å². The van der Waals surface area contributed by atoms with Gasteiger partial charge in [0.2, 0.25) is 0 Å². The quantitative estimate of drug-likeness (QED) is 0.808. The Labute approximate surface area is 148 Å². The van der Waals surface area contributed by atoms with Crippen molar-refractivity contribution in [3.63, 3.8) is 0 Å². The number of carbonyl (C=O) groups is 1. The maximum absolute atomic E-state index is 13.0. The monoisotopic (exact) mass is 336 g/mol. The van der Waals surface area contributed by atoms with Gasteiger partial charge in [-0.3, -0.25) is 9.69 Å². The summed E-state index contributed by atoms with van der Waals surface area (Å²) in [5, 5.41) is 2.16. The number of benzene rings is 2. The molecule has 0 N–H and O–H groups in total. The molecule has 0 saturated carbocycles. The minimum atomic E-state index is 0.150. The van der Waals surface area contributed by atoms with E-state index in [0.717, 1.165) is 68.7 Å². The fourth-order valence-corrected chi connectivity index (χ4v) is 3.70. The molecule has 1 fully saturated rings. The molecule has 0 atom stereocenters. The van der Waals surface area contributed by atoms with Gasteiger partial charge in [-0.25, -0.2) is 0 Å². The lowest BCUT2D eigenvalue weighted by Gasteiger charge is -2.35. The zero-order valence-corrected chi connectivity index (χ0v) is 14.5. The SMILES string of the molecule is O=C(c1cccc2ccccc12)N1CCN(CC2=CCCOC2)CC1. The second kappa shape index (κ2) is 7.38. The van der Waals surface area contributed by atoms with Crippen molar-refractivity contribution in [2.45, 2.75) is 6.42 Å². The Morgan fingerprint density at radius 1 is 1.00 bits per heavy atom. The molecule has 0 aliphatic carbocycles. The smallest absolute Gasteiger partial charge is 0.254 e. The van der Waals surface area contributed by atoms with Gasteiger partial charge in [-0.15, -0.1) is 0 Å². The van der Waals surface area contributed by atoms with Crippen molar-refractivity contribution in [2.75, 3.05) is 45.9 Å². The van der Waals surface area contributed by atoms with E-state index in [2.05, 4.69) is 23.1 Å². The maximum Gasteiger partial charge on any atom is 0.254 e. The van der Waals surface area contributed by atoms with Crippen molar-refractivity contribution < 1.29 is 9.53 Å². The summed E-state index contributed by atoms with van der Waals surface area (Å²) in [6.07, 6.45) is 3.33. The number of nitrogens with zero attached hydrogens (tertiary/aromatic N) is 2. The fraction of sp³-hybridized carbons (Fsp3) is 0.381. The van der Waals surface area contributed by atoms with Crippen LogP contribution in [0.3, 0.4) is 0 Å². The molecular weight excluding hydrogens is 312 g/mol. The molecule has 0 unspecified atom stereocenters. The molecule has 1 saturated heterocycles. The molecule has 2 aromatic carbocycles. The number of carbonyl (C=O) groups excluding carboxylic acids is 1. The van der Waals surface area contributed by atoms with Crippen molar-refractivity contribution in [1.82, 2.24) is 9.80 Å². The van der Waals surface area contributed by atoms with E-state index in [1.165, 1.54) is 5.57 Å². The second-order valence-electron chi connectivity index (χ2n) is 6.80. The zero-order valence-electron chi connectivity index (χ0n) is 14.5. The van der Waals surface area contributed by atoms with Crippen LogP contribution in [0.2, 0.25) is 0 Å². The minimum absolute atomic E-state index is 0.150. The Kier molecular flexibility index (Phi) is 4.81. The average molecular weight is 336 g/mol. The van der Waals surface area contributed by atoms with Crippen LogP contribution < -0.4 is 0 Å². The van der Waals surface area contributed by atoms with Gasteiger partial charge in [-0.2, -0.15) is 0 Å². The molecule has 4 nitrogen and oxygen atoms in total. The van der Waals surface area contributed by atoms with Crippen molar-refractivity contribution in [2.24, 2.45) is 0 Å². The lowest BCUT2D eigenvalue weighted by Crippen LogP contribution is -2.49. The van der Waals surface area contributed by atoms with Crippen LogP contribution in [0.25, 0.3) is 10.8 Å². The largest absolute Gasteiger partial charge is 0.377 e. The molecule has 25 heavy (non-hydrogen) atoms. The summed E-state index contributed by atoms with van der Waals surface area (Å²) in [4.78, 5) is 17.4. The standard InChI is InChI=1S/C21H24N2O2/c24-21(20-9-3-7-18-6-1-2-8-19(18)20)23-12-10-22(11-13-23)15-17-5-4-14-25-16-17/h1-3,5-9H,4,10-16H2. The molecule has 0 radical (unpaired) electrons. The molecule has 0 bridgehead atoms. The van der Waals surface area contributed by atoms with Crippen LogP contribution in [0.5, 0.6) is 0 Å². The summed E-state index contributed by atoms with van der Waals surface area (Å²) < 4.78 is 5.52. The minimum Gasteiger partial charge on any atom is -0.377 e. The first-order valence-electron chi connectivity index (χ1n) is 9.06. The molecule has 2 aliphatic heterocycles. The number of amides is 1. The molecule has 130 valence electrons. The van der Waals surface area contributed by atoms with Gasteiger partial charge in [0.05, 0.1) is 13.2 Å². The van der Waals surface area contributed by atoms with Crippen LogP contribution in [0.1, 0.15) is 16.8 Å². The van der Waals surface area contributed by atoms with Gasteiger partial charge < -0.3 is 9.64 Å². The van der Waals surface area contributed by atoms with E-state index in [4.69, 9.17) is 4.74 Å². The average Bonchev–Trinajstić information content (AvgIpc) is 2.68. The number of hydrogen-bond acceptors (Lipinski definition) is 3. The van der Waals surface area contributed by atoms with Crippen molar-refractivity contribution in [3.8, 4) is 0 Å². The summed E-state index contributed by atoms with van der Waals surface area (Å²) in [6.45, 7) is 6.00. The first kappa shape index (κ1) is 16.3. The number of rotatable bonds is 3. The van der Waals surface area contributed by atoms with E-state index >= 15 is 0 Å². The van der Waals surface area contributed by atoms with Gasteiger partial charge in [-0.1, -0.05) is 42.5 Å². The normalized spacial score (nSPS) is 19.0. The molecular formula is C21H24N2O2. The Bertz CT molecular complexity index is 786. The summed E-state index contributed by atoms with van der Waals surface area (Å²) in [7, 11) is 0. The van der Waals surface area contributed by atoms with Crippen molar-refractivity contribution in [1.29, 1.82) is 0 Å². The zero-order chi connectivity index (χ0) is 17.1. The predicted molar refractivity (Wildman–Crippen MR) is 99.8 cm³/mol. The summed E-state index contributed by atoms with van der Waals surface area (Å²) in [5.74, 6) is 0.150. The Morgan fingerprint density at radius 3 is 2.60 bits per heavy atom. The predicted octanol–water partition coefficient (Wildman–Crippen LogP) is 2.94. The Morgan fingerprint density at radius 2 is 1.80 bits per heavy atom. The van der Waals surface area contributed by atoms with Gasteiger partial charge in [0.25, 0.3) is 5.91 Å². The molecule has 1 amide bonds. The lowest BCUT2D eigenvalue weighted by molar-refractivity contribution is 0.0639. The van der Waals surface area contributed by atoms with Crippen LogP contribution in [-0.2, 0) is 4.74 Å². The molecule has 4 rings (SSSR count). The second-order valence-corrected chi connectivity index (χ2v) is 6.80. The van der Waals surface area contributed by atoms with Gasteiger partial charge >= 0.3 is 0 Å². The third-order valence-electron chi connectivity index (χ3n) is 5.09. The highest BCUT2D eigenvalue weighted by Gasteiger charge is 2.23. The number of ether oxygens (including phenoxy) is 1. The van der Waals surface area contributed by atoms with Gasteiger partial charge in [0.1, 0.15) is 0 Å². The molecule has 2 aromatic rings. The van der Waals surface area contributed by atoms with E-state index in [-0.39, 0.29) is 5.91 Å². The van der Waals surface area contributed by atoms with Gasteiger partial charge in [0.15, 0.2) is 0 Å². The first-order valence-corrected chi connectivity index (χ1v) is 9.06. The number of piperazine rings is 1. The highest BCUT2D eigenvalue weighted by atomic mass is 16.5. The van der Waals surface area contributed by atoms with E-state index in [0.29, 0.717) is 0 Å². The molecule has 2 heterocycles. The Balaban J connectivity index is 1.41. The van der Waals surface area contributed by atoms with Gasteiger partial charge in [0, 0.05) is 38.3 Å². The molecule has 0 aromatic heterocycles. The third-order valence-corrected chi connectivity index (χ3v) is 5.09. The topological polar surface area (TPSA) is 32.8 Å². The van der Waals surface area contributed by atoms with Crippen molar-refractivity contribution >= 4 is 16.7 Å². The maximum atomic E-state index is 13.0. The van der Waals surface area contributed by atoms with Gasteiger partial charge in [-0.05, 0) is 28.8 Å². The number of hydrogen-bond donors (Lipinski definition) is 0. The van der Waals surface area contributed by atoms with Crippen LogP contribution in [-0.4, -0.2) is 61.6 Å². The Hall–Kier alpha value is -2.17. The van der Waals surface area contributed by atoms with Crippen LogP contribution >= 0.6 is 0 Å². The highest BCUT2D eigenvalue weighted by Crippen LogP contribution is 2.21. The van der Waals surface area contributed by atoms with E-state index in [9.17, 15) is 4.79 Å². The lowest BCUT2D eigenvalue weighted by atomic mass is 10.0. The summed E-state index contributed by atoms with van der Waals surface area (Å²) >= 11 is 0. The molecule has 2 aliphatic rings.